The van der Waals surface area contributed by atoms with E-state index in [4.69, 9.17) is 10.2 Å². The number of esters is 1. The molecule has 68 valence electrons. The first-order valence-electron chi connectivity index (χ1n) is 2.58. The molecule has 0 radical (unpaired) electrons. The fraction of sp³-hybridized carbons (Fsp3) is 0.400. The van der Waals surface area contributed by atoms with Crippen LogP contribution in [0.15, 0.2) is 0 Å². The molecule has 0 spiro atoms. The van der Waals surface area contributed by atoms with E-state index in [-0.39, 0.29) is 88.7 Å². The summed E-state index contributed by atoms with van der Waals surface area (Å²) < 4.78 is 3.94. The number of aliphatic carboxylic acids is 2. The summed E-state index contributed by atoms with van der Waals surface area (Å²) in [6.07, 6.45) is -2.10. The van der Waals surface area contributed by atoms with E-state index in [1.165, 1.54) is 0 Å². The van der Waals surface area contributed by atoms with Crippen LogP contribution >= 0.6 is 0 Å². The number of carboxylic acid groups (broad SMARTS) is 2. The average molecular weight is 234 g/mol. The number of carboxylic acids is 2. The molecule has 0 aliphatic rings. The van der Waals surface area contributed by atoms with Crippen LogP contribution < -0.4 is 0 Å². The molecule has 0 heterocycles. The monoisotopic (exact) mass is 234 g/mol. The van der Waals surface area contributed by atoms with E-state index in [2.05, 4.69) is 4.74 Å². The van der Waals surface area contributed by atoms with Crippen molar-refractivity contribution in [1.82, 2.24) is 0 Å². The summed E-state index contributed by atoms with van der Waals surface area (Å²) in [5, 5.41) is 16.3. The van der Waals surface area contributed by atoms with Crippen LogP contribution in [-0.4, -0.2) is 123 Å². The minimum atomic E-state index is -2.10. The van der Waals surface area contributed by atoms with Gasteiger partial charge in [-0.2, -0.15) is 0 Å². The van der Waals surface area contributed by atoms with E-state index in [1.54, 1.807) is 0 Å². The number of hydrogen-bond acceptors (Lipinski definition) is 4. The van der Waals surface area contributed by atoms with Gasteiger partial charge in [0, 0.05) is 6.92 Å². The molecule has 0 fully saturated rings. The van der Waals surface area contributed by atoms with Gasteiger partial charge in [0.1, 0.15) is 0 Å². The van der Waals surface area contributed by atoms with E-state index >= 15 is 0 Å². The zero-order valence-electron chi connectivity index (χ0n) is 5.60. The van der Waals surface area contributed by atoms with Gasteiger partial charge in [-0.3, -0.25) is 4.79 Å². The predicted molar refractivity (Wildman–Crippen MR) is 52.3 cm³/mol. The van der Waals surface area contributed by atoms with Crippen molar-refractivity contribution in [3.05, 3.63) is 0 Å². The number of ether oxygens (including phenoxy) is 1. The molecular formula is C5H9Na3O6. The molecule has 0 bridgehead atoms. The van der Waals surface area contributed by atoms with Gasteiger partial charge in [-0.05, 0) is 0 Å². The van der Waals surface area contributed by atoms with Crippen LogP contribution in [-0.2, 0) is 19.1 Å². The standard InChI is InChI=1S/C5H6O6.3Na.3H/c1-2(6)11-3(4(7)8)5(9)10;;;;;;/h3H,1H3,(H,7,8)(H,9,10);;;;;;. The Labute approximate surface area is 147 Å². The summed E-state index contributed by atoms with van der Waals surface area (Å²) in [4.78, 5) is 30.2. The van der Waals surface area contributed by atoms with E-state index in [9.17, 15) is 14.4 Å². The summed E-state index contributed by atoms with van der Waals surface area (Å²) in [5.74, 6) is -4.35. The molecule has 0 aliphatic carbocycles. The van der Waals surface area contributed by atoms with Gasteiger partial charge in [-0.1, -0.05) is 0 Å². The molecule has 6 nitrogen and oxygen atoms in total. The van der Waals surface area contributed by atoms with Gasteiger partial charge in [0.15, 0.2) is 0 Å². The third-order valence-electron chi connectivity index (χ3n) is 0.732. The zero-order chi connectivity index (χ0) is 9.02. The Kier molecular flexibility index (Phi) is 21.9. The Bertz CT molecular complexity index is 192. The van der Waals surface area contributed by atoms with Gasteiger partial charge < -0.3 is 14.9 Å². The number of rotatable bonds is 3. The molecule has 0 unspecified atom stereocenters. The molecule has 9 heteroatoms. The molecule has 14 heavy (non-hydrogen) atoms. The van der Waals surface area contributed by atoms with Crippen LogP contribution in [0.25, 0.3) is 0 Å². The van der Waals surface area contributed by atoms with Crippen molar-refractivity contribution >= 4 is 107 Å². The Hall–Kier alpha value is 1.41. The molecule has 0 aromatic heterocycles. The van der Waals surface area contributed by atoms with Gasteiger partial charge in [0.25, 0.3) is 6.10 Å². The van der Waals surface area contributed by atoms with Crippen LogP contribution in [0.2, 0.25) is 0 Å². The maximum absolute atomic E-state index is 10.1. The van der Waals surface area contributed by atoms with Crippen molar-refractivity contribution in [1.29, 1.82) is 0 Å². The Morgan fingerprint density at radius 1 is 1.00 bits per heavy atom. The van der Waals surface area contributed by atoms with Crippen LogP contribution in [0.4, 0.5) is 0 Å². The second-order valence-electron chi connectivity index (χ2n) is 1.67. The van der Waals surface area contributed by atoms with Gasteiger partial charge in [-0.25, -0.2) is 9.59 Å². The average Bonchev–Trinajstić information content (AvgIpc) is 1.81. The van der Waals surface area contributed by atoms with E-state index < -0.39 is 24.0 Å². The van der Waals surface area contributed by atoms with E-state index in [1.807, 2.05) is 0 Å². The Morgan fingerprint density at radius 3 is 1.36 bits per heavy atom. The molecule has 0 aliphatic heterocycles. The van der Waals surface area contributed by atoms with Crippen LogP contribution in [0.1, 0.15) is 6.92 Å². The Morgan fingerprint density at radius 2 is 1.29 bits per heavy atom. The molecule has 0 atom stereocenters. The van der Waals surface area contributed by atoms with Crippen molar-refractivity contribution in [2.24, 2.45) is 0 Å². The van der Waals surface area contributed by atoms with Crippen LogP contribution in [0.5, 0.6) is 0 Å². The molecule has 0 saturated heterocycles. The third kappa shape index (κ3) is 11.5. The summed E-state index contributed by atoms with van der Waals surface area (Å²) in [7, 11) is 0. The first kappa shape index (κ1) is 24.6. The zero-order valence-corrected chi connectivity index (χ0v) is 5.60. The summed E-state index contributed by atoms with van der Waals surface area (Å²) in [6, 6.07) is 0. The van der Waals surface area contributed by atoms with Gasteiger partial charge in [0.2, 0.25) is 0 Å². The van der Waals surface area contributed by atoms with Crippen molar-refractivity contribution in [3.63, 3.8) is 0 Å². The summed E-state index contributed by atoms with van der Waals surface area (Å²) >= 11 is 0. The number of carbonyl (C=O) groups excluding carboxylic acids is 1. The molecule has 0 saturated carbocycles. The van der Waals surface area contributed by atoms with Gasteiger partial charge in [0.05, 0.1) is 0 Å². The molecule has 0 rings (SSSR count). The first-order valence-corrected chi connectivity index (χ1v) is 2.58. The third-order valence-corrected chi connectivity index (χ3v) is 0.732. The van der Waals surface area contributed by atoms with E-state index in [0.29, 0.717) is 0 Å². The van der Waals surface area contributed by atoms with Crippen molar-refractivity contribution < 1.29 is 29.3 Å². The Balaban J connectivity index is -0.000000167. The van der Waals surface area contributed by atoms with Crippen molar-refractivity contribution in [3.8, 4) is 0 Å². The molecule has 0 amide bonds. The summed E-state index contributed by atoms with van der Waals surface area (Å²) in [6.45, 7) is 0.929. The molecular weight excluding hydrogens is 225 g/mol. The van der Waals surface area contributed by atoms with E-state index in [0.717, 1.165) is 6.92 Å². The first-order chi connectivity index (χ1) is 4.95. The molecule has 0 aromatic rings. The van der Waals surface area contributed by atoms with Crippen LogP contribution in [0.3, 0.4) is 0 Å². The summed E-state index contributed by atoms with van der Waals surface area (Å²) in [5.41, 5.74) is 0. The second-order valence-corrected chi connectivity index (χ2v) is 1.67. The fourth-order valence-corrected chi connectivity index (χ4v) is 0.372. The van der Waals surface area contributed by atoms with Crippen molar-refractivity contribution in [2.75, 3.05) is 0 Å². The quantitative estimate of drug-likeness (QED) is 0.309. The maximum atomic E-state index is 10.1. The number of carbonyl (C=O) groups is 3. The topological polar surface area (TPSA) is 101 Å². The SMILES string of the molecule is CC(=O)OC(C(=O)O)C(=O)O.[NaH].[NaH].[NaH]. The number of hydrogen-bond donors (Lipinski definition) is 2. The minimum absolute atomic E-state index is 0. The van der Waals surface area contributed by atoms with Gasteiger partial charge in [-0.15, -0.1) is 0 Å². The predicted octanol–water partition coefficient (Wildman–Crippen LogP) is -2.86. The normalized spacial score (nSPS) is 7.29. The second kappa shape index (κ2) is 12.5. The fourth-order valence-electron chi connectivity index (χ4n) is 0.372. The molecule has 0 aromatic carbocycles. The van der Waals surface area contributed by atoms with Crippen LogP contribution in [0, 0.1) is 0 Å². The molecule has 2 N–H and O–H groups in total. The van der Waals surface area contributed by atoms with Gasteiger partial charge >= 0.3 is 107 Å². The van der Waals surface area contributed by atoms with Crippen molar-refractivity contribution in [2.45, 2.75) is 13.0 Å².